The molecule has 1 amide bonds. The number of hydrogen-bond acceptors (Lipinski definition) is 7. The average molecular weight is 428 g/mol. The maximum absolute atomic E-state index is 12.2. The highest BCUT2D eigenvalue weighted by atomic mass is 35.5. The van der Waals surface area contributed by atoms with Gasteiger partial charge in [0.2, 0.25) is 6.10 Å². The number of carbonyl (C=O) groups excluding carboxylic acids is 1. The molecule has 0 bridgehead atoms. The SMILES string of the molecule is O=C(N/N=C/c1ccc(-c2ccc([N+](=O)[O-])cc2Cl)o1)[C@@H]1COc2ccccc2O1. The normalized spacial score (nSPS) is 15.2. The Morgan fingerprint density at radius 2 is 2.00 bits per heavy atom. The van der Waals surface area contributed by atoms with Gasteiger partial charge in [-0.05, 0) is 30.3 Å². The van der Waals surface area contributed by atoms with Crippen LogP contribution in [0.3, 0.4) is 0 Å². The molecule has 1 N–H and O–H groups in total. The highest BCUT2D eigenvalue weighted by molar-refractivity contribution is 6.33. The predicted molar refractivity (Wildman–Crippen MR) is 108 cm³/mol. The van der Waals surface area contributed by atoms with E-state index in [-0.39, 0.29) is 17.3 Å². The van der Waals surface area contributed by atoms with Gasteiger partial charge in [0, 0.05) is 17.7 Å². The van der Waals surface area contributed by atoms with Crippen LogP contribution < -0.4 is 14.9 Å². The molecular weight excluding hydrogens is 414 g/mol. The third kappa shape index (κ3) is 4.11. The number of nitro benzene ring substituents is 1. The number of hydrazone groups is 1. The molecule has 1 atom stereocenters. The first-order valence-corrected chi connectivity index (χ1v) is 9.14. The summed E-state index contributed by atoms with van der Waals surface area (Å²) in [6.45, 7) is 0.0713. The van der Waals surface area contributed by atoms with Crippen LogP contribution in [0.5, 0.6) is 11.5 Å². The zero-order valence-corrected chi connectivity index (χ0v) is 16.0. The smallest absolute Gasteiger partial charge is 0.284 e. The van der Waals surface area contributed by atoms with E-state index >= 15 is 0 Å². The number of hydrogen-bond donors (Lipinski definition) is 1. The molecule has 0 aliphatic carbocycles. The first-order valence-electron chi connectivity index (χ1n) is 8.77. The maximum atomic E-state index is 12.2. The van der Waals surface area contributed by atoms with E-state index in [1.807, 2.05) is 6.07 Å². The molecule has 3 aromatic rings. The van der Waals surface area contributed by atoms with Crippen LogP contribution in [0.15, 0.2) is 64.1 Å². The fraction of sp³-hybridized carbons (Fsp3) is 0.100. The molecule has 0 fully saturated rings. The fourth-order valence-electron chi connectivity index (χ4n) is 2.76. The van der Waals surface area contributed by atoms with Gasteiger partial charge in [-0.3, -0.25) is 14.9 Å². The number of carbonyl (C=O) groups is 1. The van der Waals surface area contributed by atoms with E-state index < -0.39 is 16.9 Å². The predicted octanol–water partition coefficient (Wildman–Crippen LogP) is 3.80. The van der Waals surface area contributed by atoms with Crippen LogP contribution in [0.2, 0.25) is 5.02 Å². The number of amides is 1. The lowest BCUT2D eigenvalue weighted by Gasteiger charge is -2.24. The lowest BCUT2D eigenvalue weighted by atomic mass is 10.1. The Labute approximate surface area is 175 Å². The number of fused-ring (bicyclic) bond motifs is 1. The third-order valence-corrected chi connectivity index (χ3v) is 4.54. The van der Waals surface area contributed by atoms with Crippen molar-refractivity contribution >= 4 is 29.4 Å². The van der Waals surface area contributed by atoms with Crippen LogP contribution in [0.25, 0.3) is 11.3 Å². The Morgan fingerprint density at radius 1 is 1.20 bits per heavy atom. The van der Waals surface area contributed by atoms with Gasteiger partial charge in [-0.25, -0.2) is 5.43 Å². The topological polar surface area (TPSA) is 116 Å². The number of para-hydroxylation sites is 2. The van der Waals surface area contributed by atoms with Crippen molar-refractivity contribution < 1.29 is 23.6 Å². The second-order valence-corrected chi connectivity index (χ2v) is 6.63. The summed E-state index contributed by atoms with van der Waals surface area (Å²) in [7, 11) is 0. The standard InChI is InChI=1S/C20H14ClN3O6/c21-15-9-12(24(26)27)5-7-14(15)16-8-6-13(29-16)10-22-23-20(25)19-11-28-17-3-1-2-4-18(17)30-19/h1-10,19H,11H2,(H,23,25)/b22-10+/t19-/m0/s1. The number of nitro groups is 1. The number of nitrogens with zero attached hydrogens (tertiary/aromatic N) is 2. The summed E-state index contributed by atoms with van der Waals surface area (Å²) in [5.74, 6) is 1.36. The molecule has 0 radical (unpaired) electrons. The quantitative estimate of drug-likeness (QED) is 0.376. The number of rotatable bonds is 5. The summed E-state index contributed by atoms with van der Waals surface area (Å²) in [4.78, 5) is 22.5. The molecule has 0 saturated carbocycles. The van der Waals surface area contributed by atoms with Gasteiger partial charge in [-0.2, -0.15) is 5.10 Å². The van der Waals surface area contributed by atoms with Crippen molar-refractivity contribution in [1.82, 2.24) is 5.43 Å². The van der Waals surface area contributed by atoms with Crippen LogP contribution >= 0.6 is 11.6 Å². The molecule has 10 heteroatoms. The van der Waals surface area contributed by atoms with Gasteiger partial charge in [-0.1, -0.05) is 23.7 Å². The summed E-state index contributed by atoms with van der Waals surface area (Å²) in [5.41, 5.74) is 2.76. The third-order valence-electron chi connectivity index (χ3n) is 4.22. The molecule has 2 aromatic carbocycles. The van der Waals surface area contributed by atoms with Gasteiger partial charge in [0.1, 0.15) is 18.1 Å². The minimum absolute atomic E-state index is 0.0713. The van der Waals surface area contributed by atoms with Gasteiger partial charge < -0.3 is 13.9 Å². The van der Waals surface area contributed by atoms with Crippen molar-refractivity contribution in [2.75, 3.05) is 6.61 Å². The number of halogens is 1. The first-order chi connectivity index (χ1) is 14.5. The second-order valence-electron chi connectivity index (χ2n) is 6.22. The molecule has 1 aliphatic rings. The molecule has 0 saturated heterocycles. The van der Waals surface area contributed by atoms with Crippen molar-refractivity contribution in [3.8, 4) is 22.8 Å². The minimum Gasteiger partial charge on any atom is -0.485 e. The van der Waals surface area contributed by atoms with E-state index in [0.29, 0.717) is 28.6 Å². The van der Waals surface area contributed by atoms with Gasteiger partial charge in [-0.15, -0.1) is 0 Å². The lowest BCUT2D eigenvalue weighted by Crippen LogP contribution is -2.42. The monoisotopic (exact) mass is 427 g/mol. The van der Waals surface area contributed by atoms with Crippen molar-refractivity contribution in [3.63, 3.8) is 0 Å². The van der Waals surface area contributed by atoms with Crippen LogP contribution in [0.4, 0.5) is 5.69 Å². The number of non-ortho nitro benzene ring substituents is 1. The number of benzene rings is 2. The summed E-state index contributed by atoms with van der Waals surface area (Å²) in [6, 6.07) is 14.4. The molecule has 0 spiro atoms. The van der Waals surface area contributed by atoms with Crippen molar-refractivity contribution in [1.29, 1.82) is 0 Å². The summed E-state index contributed by atoms with van der Waals surface area (Å²) < 4.78 is 16.7. The second kappa shape index (κ2) is 8.26. The van der Waals surface area contributed by atoms with E-state index in [1.54, 1.807) is 30.3 Å². The summed E-state index contributed by atoms with van der Waals surface area (Å²) in [6.07, 6.45) is 0.487. The molecule has 30 heavy (non-hydrogen) atoms. The summed E-state index contributed by atoms with van der Waals surface area (Å²) in [5, 5.41) is 14.9. The van der Waals surface area contributed by atoms with Gasteiger partial charge in [0.05, 0.1) is 16.2 Å². The number of nitrogens with one attached hydrogen (secondary N) is 1. The van der Waals surface area contributed by atoms with Crippen molar-refractivity contribution in [3.05, 3.63) is 75.5 Å². The van der Waals surface area contributed by atoms with Crippen LogP contribution in [-0.2, 0) is 4.79 Å². The molecule has 2 heterocycles. The maximum Gasteiger partial charge on any atom is 0.284 e. The molecule has 1 aromatic heterocycles. The summed E-state index contributed by atoms with van der Waals surface area (Å²) >= 11 is 6.10. The van der Waals surface area contributed by atoms with Crippen LogP contribution in [0.1, 0.15) is 5.76 Å². The fourth-order valence-corrected chi connectivity index (χ4v) is 3.03. The zero-order valence-electron chi connectivity index (χ0n) is 15.3. The van der Waals surface area contributed by atoms with Crippen LogP contribution in [0, 0.1) is 10.1 Å². The largest absolute Gasteiger partial charge is 0.485 e. The van der Waals surface area contributed by atoms with E-state index in [4.69, 9.17) is 25.5 Å². The van der Waals surface area contributed by atoms with Crippen molar-refractivity contribution in [2.24, 2.45) is 5.10 Å². The highest BCUT2D eigenvalue weighted by Gasteiger charge is 2.27. The zero-order chi connectivity index (χ0) is 21.1. The van der Waals surface area contributed by atoms with E-state index in [2.05, 4.69) is 10.5 Å². The Hall–Kier alpha value is -3.85. The van der Waals surface area contributed by atoms with E-state index in [1.165, 1.54) is 24.4 Å². The molecular formula is C20H14ClN3O6. The Balaban J connectivity index is 1.38. The van der Waals surface area contributed by atoms with E-state index in [9.17, 15) is 14.9 Å². The molecule has 152 valence electrons. The van der Waals surface area contributed by atoms with Crippen molar-refractivity contribution in [2.45, 2.75) is 6.10 Å². The first kappa shape index (κ1) is 19.5. The van der Waals surface area contributed by atoms with E-state index in [0.717, 1.165) is 0 Å². The Morgan fingerprint density at radius 3 is 2.77 bits per heavy atom. The molecule has 4 rings (SSSR count). The highest BCUT2D eigenvalue weighted by Crippen LogP contribution is 2.32. The van der Waals surface area contributed by atoms with Gasteiger partial charge in [0.15, 0.2) is 11.5 Å². The van der Waals surface area contributed by atoms with Crippen LogP contribution in [-0.4, -0.2) is 29.8 Å². The van der Waals surface area contributed by atoms with Gasteiger partial charge >= 0.3 is 0 Å². The average Bonchev–Trinajstić information content (AvgIpc) is 3.21. The molecule has 1 aliphatic heterocycles. The minimum atomic E-state index is -0.830. The molecule has 9 nitrogen and oxygen atoms in total. The number of furan rings is 1. The lowest BCUT2D eigenvalue weighted by molar-refractivity contribution is -0.384. The Kier molecular flexibility index (Phi) is 5.36. The number of ether oxygens (including phenoxy) is 2. The van der Waals surface area contributed by atoms with Gasteiger partial charge in [0.25, 0.3) is 11.6 Å². The Bertz CT molecular complexity index is 1140. The molecule has 0 unspecified atom stereocenters.